The largest absolute Gasteiger partial charge is 0.342 e. The first-order chi connectivity index (χ1) is 11.6. The number of likely N-dealkylation sites (tertiary alicyclic amines) is 2. The number of piperidine rings is 1. The number of carbonyl (C=O) groups excluding carboxylic acids is 2. The lowest BCUT2D eigenvalue weighted by Crippen LogP contribution is -2.51. The molecule has 24 heavy (non-hydrogen) atoms. The van der Waals surface area contributed by atoms with Crippen LogP contribution in [0.1, 0.15) is 41.9 Å². The zero-order valence-corrected chi connectivity index (χ0v) is 13.8. The van der Waals surface area contributed by atoms with Crippen LogP contribution in [0.5, 0.6) is 0 Å². The van der Waals surface area contributed by atoms with Crippen LogP contribution in [0, 0.1) is 5.92 Å². The van der Waals surface area contributed by atoms with E-state index in [9.17, 15) is 14.0 Å². The van der Waals surface area contributed by atoms with Crippen LogP contribution in [-0.2, 0) is 17.8 Å². The van der Waals surface area contributed by atoms with E-state index in [0.29, 0.717) is 18.7 Å². The van der Waals surface area contributed by atoms with E-state index in [-0.39, 0.29) is 30.8 Å². The Morgan fingerprint density at radius 2 is 1.83 bits per heavy atom. The van der Waals surface area contributed by atoms with Crippen LogP contribution in [-0.4, -0.2) is 63.5 Å². The minimum Gasteiger partial charge on any atom is -0.342 e. The number of carbonyl (C=O) groups is 2. The molecule has 1 unspecified atom stereocenters. The molecule has 4 heterocycles. The SMILES string of the molecule is O=C(c1ncn2c1CCC(C(=O)N1CCCCC1)C2)N1CC(F)C1. The van der Waals surface area contributed by atoms with E-state index >= 15 is 0 Å². The van der Waals surface area contributed by atoms with Crippen LogP contribution in [0.4, 0.5) is 4.39 Å². The van der Waals surface area contributed by atoms with Crippen molar-refractivity contribution >= 4 is 11.8 Å². The molecule has 4 rings (SSSR count). The second kappa shape index (κ2) is 6.18. The van der Waals surface area contributed by atoms with Gasteiger partial charge in [-0.2, -0.15) is 0 Å². The molecule has 3 aliphatic rings. The minimum atomic E-state index is -0.904. The van der Waals surface area contributed by atoms with E-state index in [4.69, 9.17) is 0 Å². The third kappa shape index (κ3) is 2.70. The molecule has 0 saturated carbocycles. The molecule has 0 N–H and O–H groups in total. The lowest BCUT2D eigenvalue weighted by Gasteiger charge is -2.34. The van der Waals surface area contributed by atoms with Gasteiger partial charge in [0.05, 0.1) is 31.0 Å². The molecule has 0 spiro atoms. The van der Waals surface area contributed by atoms with Gasteiger partial charge in [0.25, 0.3) is 5.91 Å². The van der Waals surface area contributed by atoms with Crippen molar-refractivity contribution in [1.82, 2.24) is 19.4 Å². The summed E-state index contributed by atoms with van der Waals surface area (Å²) in [6.45, 7) is 2.67. The van der Waals surface area contributed by atoms with Gasteiger partial charge in [-0.15, -0.1) is 0 Å². The van der Waals surface area contributed by atoms with Crippen molar-refractivity contribution in [2.75, 3.05) is 26.2 Å². The maximum absolute atomic E-state index is 13.0. The first kappa shape index (κ1) is 15.6. The quantitative estimate of drug-likeness (QED) is 0.818. The number of nitrogens with zero attached hydrogens (tertiary/aromatic N) is 4. The van der Waals surface area contributed by atoms with Crippen LogP contribution in [0.3, 0.4) is 0 Å². The lowest BCUT2D eigenvalue weighted by atomic mass is 9.94. The number of hydrogen-bond donors (Lipinski definition) is 0. The number of hydrogen-bond acceptors (Lipinski definition) is 3. The van der Waals surface area contributed by atoms with Crippen molar-refractivity contribution in [3.05, 3.63) is 17.7 Å². The maximum atomic E-state index is 13.0. The summed E-state index contributed by atoms with van der Waals surface area (Å²) in [5.74, 6) is 0.0374. The Kier molecular flexibility index (Phi) is 4.02. The first-order valence-electron chi connectivity index (χ1n) is 8.89. The summed E-state index contributed by atoms with van der Waals surface area (Å²) in [6, 6.07) is 0. The molecule has 7 heteroatoms. The third-order valence-electron chi connectivity index (χ3n) is 5.44. The summed E-state index contributed by atoms with van der Waals surface area (Å²) in [5.41, 5.74) is 1.33. The van der Waals surface area contributed by atoms with E-state index < -0.39 is 6.17 Å². The fraction of sp³-hybridized carbons (Fsp3) is 0.706. The summed E-state index contributed by atoms with van der Waals surface area (Å²) in [4.78, 5) is 32.8. The number of alkyl halides is 1. The highest BCUT2D eigenvalue weighted by Crippen LogP contribution is 2.26. The molecule has 2 fully saturated rings. The molecule has 2 amide bonds. The number of fused-ring (bicyclic) bond motifs is 1. The minimum absolute atomic E-state index is 0.0213. The Hall–Kier alpha value is -1.92. The van der Waals surface area contributed by atoms with Gasteiger partial charge in [0, 0.05) is 19.6 Å². The standard InChI is InChI=1S/C17H23FN4O2/c18-13-9-21(10-13)17(24)15-14-5-4-12(8-22(14)11-19-15)16(23)20-6-2-1-3-7-20/h11-13H,1-10H2. The summed E-state index contributed by atoms with van der Waals surface area (Å²) in [7, 11) is 0. The second-order valence-corrected chi connectivity index (χ2v) is 7.12. The van der Waals surface area contributed by atoms with E-state index in [1.807, 2.05) is 9.47 Å². The molecule has 0 radical (unpaired) electrons. The van der Waals surface area contributed by atoms with Crippen LogP contribution in [0.2, 0.25) is 0 Å². The van der Waals surface area contributed by atoms with Crippen LogP contribution in [0.25, 0.3) is 0 Å². The molecule has 1 atom stereocenters. The van der Waals surface area contributed by atoms with Gasteiger partial charge in [-0.3, -0.25) is 9.59 Å². The van der Waals surface area contributed by atoms with Gasteiger partial charge in [-0.25, -0.2) is 9.37 Å². The Bertz CT molecular complexity index is 647. The number of aromatic nitrogens is 2. The molecule has 130 valence electrons. The van der Waals surface area contributed by atoms with Gasteiger partial charge in [0.15, 0.2) is 0 Å². The molecular weight excluding hydrogens is 311 g/mol. The topological polar surface area (TPSA) is 58.4 Å². The zero-order chi connectivity index (χ0) is 16.7. The number of imidazole rings is 1. The fourth-order valence-electron chi connectivity index (χ4n) is 3.96. The molecular formula is C17H23FN4O2. The summed E-state index contributed by atoms with van der Waals surface area (Å²) in [5, 5.41) is 0. The van der Waals surface area contributed by atoms with Gasteiger partial charge < -0.3 is 14.4 Å². The van der Waals surface area contributed by atoms with Crippen molar-refractivity contribution in [1.29, 1.82) is 0 Å². The average molecular weight is 334 g/mol. The van der Waals surface area contributed by atoms with Crippen molar-refractivity contribution in [2.24, 2.45) is 5.92 Å². The number of halogens is 1. The van der Waals surface area contributed by atoms with E-state index in [1.54, 1.807) is 6.33 Å². The van der Waals surface area contributed by atoms with Gasteiger partial charge >= 0.3 is 0 Å². The highest BCUT2D eigenvalue weighted by molar-refractivity contribution is 5.94. The number of amides is 2. The lowest BCUT2D eigenvalue weighted by molar-refractivity contribution is -0.137. The fourth-order valence-corrected chi connectivity index (χ4v) is 3.96. The monoisotopic (exact) mass is 334 g/mol. The smallest absolute Gasteiger partial charge is 0.274 e. The van der Waals surface area contributed by atoms with Gasteiger partial charge in [-0.05, 0) is 32.1 Å². The normalized spacial score (nSPS) is 24.5. The molecule has 1 aromatic rings. The Balaban J connectivity index is 1.44. The third-order valence-corrected chi connectivity index (χ3v) is 5.44. The first-order valence-corrected chi connectivity index (χ1v) is 8.89. The summed E-state index contributed by atoms with van der Waals surface area (Å²) < 4.78 is 14.9. The van der Waals surface area contributed by atoms with Crippen LogP contribution >= 0.6 is 0 Å². The van der Waals surface area contributed by atoms with E-state index in [1.165, 1.54) is 11.3 Å². The van der Waals surface area contributed by atoms with Crippen molar-refractivity contribution in [3.8, 4) is 0 Å². The molecule has 0 bridgehead atoms. The van der Waals surface area contributed by atoms with Gasteiger partial charge in [0.1, 0.15) is 11.9 Å². The summed E-state index contributed by atoms with van der Waals surface area (Å²) >= 11 is 0. The molecule has 3 aliphatic heterocycles. The van der Waals surface area contributed by atoms with Gasteiger partial charge in [0.2, 0.25) is 5.91 Å². The van der Waals surface area contributed by atoms with Crippen molar-refractivity contribution in [3.63, 3.8) is 0 Å². The van der Waals surface area contributed by atoms with E-state index in [2.05, 4.69) is 4.98 Å². The predicted octanol–water partition coefficient (Wildman–Crippen LogP) is 1.25. The Morgan fingerprint density at radius 3 is 2.54 bits per heavy atom. The highest BCUT2D eigenvalue weighted by Gasteiger charge is 2.36. The number of rotatable bonds is 2. The Labute approximate surface area is 140 Å². The Morgan fingerprint density at radius 1 is 1.08 bits per heavy atom. The average Bonchev–Trinajstić information content (AvgIpc) is 3.01. The van der Waals surface area contributed by atoms with Crippen LogP contribution < -0.4 is 0 Å². The highest BCUT2D eigenvalue weighted by atomic mass is 19.1. The van der Waals surface area contributed by atoms with Crippen molar-refractivity contribution < 1.29 is 14.0 Å². The van der Waals surface area contributed by atoms with E-state index in [0.717, 1.165) is 38.0 Å². The predicted molar refractivity (Wildman–Crippen MR) is 85.3 cm³/mol. The molecule has 6 nitrogen and oxygen atoms in total. The van der Waals surface area contributed by atoms with Gasteiger partial charge in [-0.1, -0.05) is 0 Å². The summed E-state index contributed by atoms with van der Waals surface area (Å²) in [6.07, 6.45) is 5.59. The molecule has 2 saturated heterocycles. The molecule has 0 aromatic carbocycles. The van der Waals surface area contributed by atoms with Crippen LogP contribution in [0.15, 0.2) is 6.33 Å². The maximum Gasteiger partial charge on any atom is 0.274 e. The zero-order valence-electron chi connectivity index (χ0n) is 13.8. The molecule has 0 aliphatic carbocycles. The van der Waals surface area contributed by atoms with Crippen molar-refractivity contribution in [2.45, 2.75) is 44.8 Å². The molecule has 1 aromatic heterocycles. The second-order valence-electron chi connectivity index (χ2n) is 7.12.